The Kier molecular flexibility index (Phi) is 3.54. The minimum Gasteiger partial charge on any atom is -0.436 e. The summed E-state index contributed by atoms with van der Waals surface area (Å²) in [5, 5.41) is 0. The van der Waals surface area contributed by atoms with Gasteiger partial charge in [0.25, 0.3) is 0 Å². The third-order valence-electron chi connectivity index (χ3n) is 2.45. The number of nitrogens with zero attached hydrogens (tertiary/aromatic N) is 1. The number of aryl methyl sites for hydroxylation is 1. The zero-order chi connectivity index (χ0) is 12.3. The first-order chi connectivity index (χ1) is 8.22. The Hall–Kier alpha value is -1.68. The number of nitrogens with two attached hydrogens (primary N) is 1. The van der Waals surface area contributed by atoms with E-state index in [0.717, 1.165) is 16.2 Å². The standard InChI is InChI=1S/C13H14N2OS/c1-9-7-8-15-13(12(9)14)16-10-5-3-4-6-11(10)17-2/h3-8H,14H2,1-2H3. The van der Waals surface area contributed by atoms with Crippen LogP contribution in [0.4, 0.5) is 5.69 Å². The van der Waals surface area contributed by atoms with Crippen LogP contribution in [0.1, 0.15) is 5.56 Å². The van der Waals surface area contributed by atoms with Gasteiger partial charge in [-0.1, -0.05) is 12.1 Å². The van der Waals surface area contributed by atoms with Gasteiger partial charge in [0.1, 0.15) is 5.75 Å². The first-order valence-electron chi connectivity index (χ1n) is 5.24. The van der Waals surface area contributed by atoms with E-state index in [-0.39, 0.29) is 0 Å². The minimum atomic E-state index is 0.464. The van der Waals surface area contributed by atoms with Gasteiger partial charge in [-0.3, -0.25) is 0 Å². The number of pyridine rings is 1. The Balaban J connectivity index is 2.35. The zero-order valence-electron chi connectivity index (χ0n) is 9.81. The zero-order valence-corrected chi connectivity index (χ0v) is 10.6. The summed E-state index contributed by atoms with van der Waals surface area (Å²) in [5.41, 5.74) is 7.48. The van der Waals surface area contributed by atoms with Crippen molar-refractivity contribution in [1.82, 2.24) is 4.98 Å². The number of hydrogen-bond donors (Lipinski definition) is 1. The Labute approximate surface area is 105 Å². The van der Waals surface area contributed by atoms with Gasteiger partial charge in [0.2, 0.25) is 5.88 Å². The number of para-hydroxylation sites is 1. The second-order valence-electron chi connectivity index (χ2n) is 3.60. The van der Waals surface area contributed by atoms with E-state index in [9.17, 15) is 0 Å². The van der Waals surface area contributed by atoms with E-state index < -0.39 is 0 Å². The molecule has 0 fully saturated rings. The fraction of sp³-hybridized carbons (Fsp3) is 0.154. The van der Waals surface area contributed by atoms with Crippen molar-refractivity contribution < 1.29 is 4.74 Å². The van der Waals surface area contributed by atoms with Crippen LogP contribution in [0.15, 0.2) is 41.4 Å². The lowest BCUT2D eigenvalue weighted by atomic mass is 10.2. The molecular weight excluding hydrogens is 232 g/mol. The predicted molar refractivity (Wildman–Crippen MR) is 71.7 cm³/mol. The number of rotatable bonds is 3. The number of hydrogen-bond acceptors (Lipinski definition) is 4. The van der Waals surface area contributed by atoms with Crippen LogP contribution in [0.5, 0.6) is 11.6 Å². The normalized spacial score (nSPS) is 10.2. The number of thioether (sulfide) groups is 1. The Morgan fingerprint density at radius 3 is 2.76 bits per heavy atom. The summed E-state index contributed by atoms with van der Waals surface area (Å²) in [7, 11) is 0. The topological polar surface area (TPSA) is 48.1 Å². The van der Waals surface area contributed by atoms with E-state index in [4.69, 9.17) is 10.5 Å². The molecule has 0 aliphatic rings. The lowest BCUT2D eigenvalue weighted by Gasteiger charge is -2.11. The van der Waals surface area contributed by atoms with Gasteiger partial charge in [-0.25, -0.2) is 4.98 Å². The summed E-state index contributed by atoms with van der Waals surface area (Å²) in [6.07, 6.45) is 3.71. The molecule has 0 amide bonds. The van der Waals surface area contributed by atoms with Gasteiger partial charge in [-0.05, 0) is 36.9 Å². The Morgan fingerprint density at radius 2 is 2.00 bits per heavy atom. The lowest BCUT2D eigenvalue weighted by molar-refractivity contribution is 0.454. The maximum Gasteiger partial charge on any atom is 0.242 e. The van der Waals surface area contributed by atoms with E-state index in [1.165, 1.54) is 0 Å². The van der Waals surface area contributed by atoms with Gasteiger partial charge in [-0.2, -0.15) is 0 Å². The molecule has 1 aromatic carbocycles. The summed E-state index contributed by atoms with van der Waals surface area (Å²) in [5.74, 6) is 1.25. The number of nitrogen functional groups attached to an aromatic ring is 1. The number of anilines is 1. The maximum absolute atomic E-state index is 5.93. The molecule has 0 bridgehead atoms. The molecule has 0 saturated carbocycles. The van der Waals surface area contributed by atoms with Crippen LogP contribution in [-0.2, 0) is 0 Å². The molecule has 0 atom stereocenters. The van der Waals surface area contributed by atoms with Gasteiger partial charge in [0.15, 0.2) is 0 Å². The lowest BCUT2D eigenvalue weighted by Crippen LogP contribution is -1.97. The van der Waals surface area contributed by atoms with Crippen LogP contribution in [0, 0.1) is 6.92 Å². The quantitative estimate of drug-likeness (QED) is 0.842. The van der Waals surface area contributed by atoms with E-state index >= 15 is 0 Å². The Bertz CT molecular complexity index is 529. The monoisotopic (exact) mass is 246 g/mol. The van der Waals surface area contributed by atoms with Crippen molar-refractivity contribution in [3.63, 3.8) is 0 Å². The van der Waals surface area contributed by atoms with Crippen molar-refractivity contribution in [3.8, 4) is 11.6 Å². The molecule has 88 valence electrons. The largest absolute Gasteiger partial charge is 0.436 e. The van der Waals surface area contributed by atoms with Crippen molar-refractivity contribution in [1.29, 1.82) is 0 Å². The van der Waals surface area contributed by atoms with Gasteiger partial charge in [0, 0.05) is 11.1 Å². The molecule has 3 nitrogen and oxygen atoms in total. The highest BCUT2D eigenvalue weighted by atomic mass is 32.2. The average molecular weight is 246 g/mol. The van der Waals surface area contributed by atoms with Gasteiger partial charge in [0.05, 0.1) is 5.69 Å². The number of ether oxygens (including phenoxy) is 1. The summed E-state index contributed by atoms with van der Waals surface area (Å²) in [6.45, 7) is 1.93. The summed E-state index contributed by atoms with van der Waals surface area (Å²) >= 11 is 1.63. The van der Waals surface area contributed by atoms with Crippen molar-refractivity contribution in [2.45, 2.75) is 11.8 Å². The van der Waals surface area contributed by atoms with Gasteiger partial charge in [-0.15, -0.1) is 11.8 Å². The van der Waals surface area contributed by atoms with Crippen LogP contribution in [-0.4, -0.2) is 11.2 Å². The van der Waals surface area contributed by atoms with E-state index in [0.29, 0.717) is 11.6 Å². The maximum atomic E-state index is 5.93. The molecule has 0 aliphatic carbocycles. The molecule has 2 aromatic rings. The molecule has 0 radical (unpaired) electrons. The molecule has 0 spiro atoms. The second-order valence-corrected chi connectivity index (χ2v) is 4.45. The van der Waals surface area contributed by atoms with Crippen LogP contribution < -0.4 is 10.5 Å². The summed E-state index contributed by atoms with van der Waals surface area (Å²) in [6, 6.07) is 9.69. The fourth-order valence-electron chi connectivity index (χ4n) is 1.43. The third kappa shape index (κ3) is 2.53. The number of aromatic nitrogens is 1. The molecule has 0 unspecified atom stereocenters. The molecule has 1 aromatic heterocycles. The van der Waals surface area contributed by atoms with Crippen LogP contribution in [0.3, 0.4) is 0 Å². The molecule has 0 saturated heterocycles. The predicted octanol–water partition coefficient (Wildman–Crippen LogP) is 3.49. The van der Waals surface area contributed by atoms with Crippen LogP contribution in [0.2, 0.25) is 0 Å². The molecule has 4 heteroatoms. The molecule has 1 heterocycles. The minimum absolute atomic E-state index is 0.464. The van der Waals surface area contributed by atoms with Crippen molar-refractivity contribution in [2.75, 3.05) is 12.0 Å². The highest BCUT2D eigenvalue weighted by Gasteiger charge is 2.08. The highest BCUT2D eigenvalue weighted by molar-refractivity contribution is 7.98. The van der Waals surface area contributed by atoms with Crippen molar-refractivity contribution >= 4 is 17.4 Å². The summed E-state index contributed by atoms with van der Waals surface area (Å²) < 4.78 is 5.76. The molecule has 0 aliphatic heterocycles. The molecule has 2 rings (SSSR count). The first-order valence-corrected chi connectivity index (χ1v) is 6.47. The van der Waals surface area contributed by atoms with E-state index in [1.54, 1.807) is 18.0 Å². The van der Waals surface area contributed by atoms with Gasteiger partial charge < -0.3 is 10.5 Å². The summed E-state index contributed by atoms with van der Waals surface area (Å²) in [4.78, 5) is 5.22. The molecule has 2 N–H and O–H groups in total. The molecule has 17 heavy (non-hydrogen) atoms. The van der Waals surface area contributed by atoms with Gasteiger partial charge >= 0.3 is 0 Å². The number of benzene rings is 1. The second kappa shape index (κ2) is 5.10. The Morgan fingerprint density at radius 1 is 1.24 bits per heavy atom. The molecular formula is C13H14N2OS. The highest BCUT2D eigenvalue weighted by Crippen LogP contribution is 2.33. The van der Waals surface area contributed by atoms with Crippen molar-refractivity contribution in [3.05, 3.63) is 42.1 Å². The van der Waals surface area contributed by atoms with Crippen molar-refractivity contribution in [2.24, 2.45) is 0 Å². The van der Waals surface area contributed by atoms with E-state index in [1.807, 2.05) is 43.5 Å². The van der Waals surface area contributed by atoms with Crippen LogP contribution >= 0.6 is 11.8 Å². The third-order valence-corrected chi connectivity index (χ3v) is 3.22. The average Bonchev–Trinajstić information content (AvgIpc) is 2.35. The smallest absolute Gasteiger partial charge is 0.242 e. The first kappa shape index (κ1) is 11.8. The SMILES string of the molecule is CSc1ccccc1Oc1nccc(C)c1N. The van der Waals surface area contributed by atoms with Crippen LogP contribution in [0.25, 0.3) is 0 Å². The van der Waals surface area contributed by atoms with E-state index in [2.05, 4.69) is 4.98 Å². The fourth-order valence-corrected chi connectivity index (χ4v) is 1.96.